The van der Waals surface area contributed by atoms with Crippen LogP contribution in [0, 0.1) is 6.92 Å². The smallest absolute Gasteiger partial charge is 0.312 e. The molecule has 1 aromatic heterocycles. The van der Waals surface area contributed by atoms with Gasteiger partial charge in [0.15, 0.2) is 0 Å². The van der Waals surface area contributed by atoms with Crippen LogP contribution >= 0.6 is 15.9 Å². The molecule has 88 valence electrons. The molecule has 0 saturated carbocycles. The molecule has 0 atom stereocenters. The summed E-state index contributed by atoms with van der Waals surface area (Å²) in [5, 5.41) is 12.4. The van der Waals surface area contributed by atoms with Gasteiger partial charge in [0.1, 0.15) is 6.42 Å². The maximum absolute atomic E-state index is 10.5. The molecule has 1 N–H and O–H groups in total. The molecule has 17 heavy (non-hydrogen) atoms. The van der Waals surface area contributed by atoms with Gasteiger partial charge in [-0.25, -0.2) is 0 Å². The summed E-state index contributed by atoms with van der Waals surface area (Å²) >= 11 is 3.41. The molecule has 2 aromatic rings. The van der Waals surface area contributed by atoms with Crippen LogP contribution in [-0.4, -0.2) is 21.2 Å². The lowest BCUT2D eigenvalue weighted by Gasteiger charge is -1.99. The van der Waals surface area contributed by atoms with E-state index in [2.05, 4.69) is 26.1 Å². The van der Waals surface area contributed by atoms with Gasteiger partial charge in [0.2, 0.25) is 11.7 Å². The molecule has 0 aliphatic carbocycles. The van der Waals surface area contributed by atoms with E-state index < -0.39 is 5.97 Å². The number of carboxylic acids is 1. The van der Waals surface area contributed by atoms with Gasteiger partial charge in [-0.3, -0.25) is 4.79 Å². The van der Waals surface area contributed by atoms with Gasteiger partial charge in [-0.1, -0.05) is 27.2 Å². The van der Waals surface area contributed by atoms with E-state index in [1.807, 2.05) is 25.1 Å². The summed E-state index contributed by atoms with van der Waals surface area (Å²) < 4.78 is 5.70. The van der Waals surface area contributed by atoms with E-state index in [0.717, 1.165) is 15.6 Å². The minimum absolute atomic E-state index is 0.0972. The van der Waals surface area contributed by atoms with Crippen molar-refractivity contribution in [1.82, 2.24) is 10.1 Å². The third-order valence-corrected chi connectivity index (χ3v) is 2.79. The summed E-state index contributed by atoms with van der Waals surface area (Å²) in [6, 6.07) is 5.71. The molecule has 1 aromatic carbocycles. The predicted molar refractivity (Wildman–Crippen MR) is 63.5 cm³/mol. The fourth-order valence-electron chi connectivity index (χ4n) is 1.37. The number of hydrogen-bond acceptors (Lipinski definition) is 4. The second kappa shape index (κ2) is 4.67. The van der Waals surface area contributed by atoms with Crippen LogP contribution in [0.25, 0.3) is 11.4 Å². The van der Waals surface area contributed by atoms with E-state index >= 15 is 0 Å². The van der Waals surface area contributed by atoms with Gasteiger partial charge < -0.3 is 9.63 Å². The Morgan fingerprint density at radius 3 is 2.94 bits per heavy atom. The third kappa shape index (κ3) is 2.71. The lowest BCUT2D eigenvalue weighted by molar-refractivity contribution is -0.136. The molecule has 0 unspecified atom stereocenters. The Kier molecular flexibility index (Phi) is 3.23. The fourth-order valence-corrected chi connectivity index (χ4v) is 2.04. The Bertz CT molecular complexity index is 566. The number of carboxylic acid groups (broad SMARTS) is 1. The predicted octanol–water partition coefficient (Wildman–Crippen LogP) is 2.43. The highest BCUT2D eigenvalue weighted by atomic mass is 79.9. The van der Waals surface area contributed by atoms with Crippen LogP contribution in [0.1, 0.15) is 11.5 Å². The topological polar surface area (TPSA) is 76.2 Å². The van der Waals surface area contributed by atoms with Crippen LogP contribution in [0.3, 0.4) is 0 Å². The average molecular weight is 297 g/mol. The Morgan fingerprint density at radius 1 is 1.53 bits per heavy atom. The van der Waals surface area contributed by atoms with Crippen LogP contribution in [0.15, 0.2) is 27.2 Å². The number of nitrogens with zero attached hydrogens (tertiary/aromatic N) is 2. The number of aromatic nitrogens is 2. The minimum atomic E-state index is -0.997. The molecule has 5 nitrogen and oxygen atoms in total. The first kappa shape index (κ1) is 11.8. The highest BCUT2D eigenvalue weighted by Gasteiger charge is 2.13. The number of hydrogen-bond donors (Lipinski definition) is 1. The average Bonchev–Trinajstić information content (AvgIpc) is 2.65. The number of benzene rings is 1. The SMILES string of the molecule is Cc1ccc(-c2noc(CC(=O)O)n2)c(Br)c1. The van der Waals surface area contributed by atoms with Gasteiger partial charge in [-0.2, -0.15) is 4.98 Å². The Balaban J connectivity index is 2.33. The van der Waals surface area contributed by atoms with Gasteiger partial charge in [-0.15, -0.1) is 0 Å². The van der Waals surface area contributed by atoms with Gasteiger partial charge in [0.05, 0.1) is 0 Å². The van der Waals surface area contributed by atoms with Crippen LogP contribution in [-0.2, 0) is 11.2 Å². The minimum Gasteiger partial charge on any atom is -0.481 e. The molecular formula is C11H9BrN2O3. The van der Waals surface area contributed by atoms with E-state index in [-0.39, 0.29) is 12.3 Å². The molecule has 1 heterocycles. The van der Waals surface area contributed by atoms with Gasteiger partial charge in [0.25, 0.3) is 0 Å². The number of halogens is 1. The van der Waals surface area contributed by atoms with Crippen molar-refractivity contribution in [2.75, 3.05) is 0 Å². The van der Waals surface area contributed by atoms with Crippen molar-refractivity contribution in [3.05, 3.63) is 34.1 Å². The molecule has 2 rings (SSSR count). The summed E-state index contributed by atoms with van der Waals surface area (Å²) in [5.41, 5.74) is 1.88. The van der Waals surface area contributed by atoms with Crippen molar-refractivity contribution < 1.29 is 14.4 Å². The summed E-state index contributed by atoms with van der Waals surface area (Å²) in [6.45, 7) is 1.97. The second-order valence-electron chi connectivity index (χ2n) is 3.57. The van der Waals surface area contributed by atoms with Crippen molar-refractivity contribution in [3.8, 4) is 11.4 Å². The van der Waals surface area contributed by atoms with Crippen LogP contribution < -0.4 is 0 Å². The molecule has 0 amide bonds. The molecule has 0 bridgehead atoms. The number of aryl methyl sites for hydroxylation is 1. The van der Waals surface area contributed by atoms with E-state index in [9.17, 15) is 4.79 Å². The quantitative estimate of drug-likeness (QED) is 0.941. The van der Waals surface area contributed by atoms with Crippen molar-refractivity contribution in [1.29, 1.82) is 0 Å². The number of carbonyl (C=O) groups is 1. The third-order valence-electron chi connectivity index (χ3n) is 2.14. The Hall–Kier alpha value is -1.69. The summed E-state index contributed by atoms with van der Waals surface area (Å²) in [4.78, 5) is 14.5. The zero-order chi connectivity index (χ0) is 12.4. The standard InChI is InChI=1S/C11H9BrN2O3/c1-6-2-3-7(8(12)4-6)11-13-9(17-14-11)5-10(15)16/h2-4H,5H2,1H3,(H,15,16). The number of aliphatic carboxylic acids is 1. The Labute approximate surface area is 106 Å². The first-order chi connectivity index (χ1) is 8.06. The Morgan fingerprint density at radius 2 is 2.29 bits per heavy atom. The molecule has 0 saturated heterocycles. The van der Waals surface area contributed by atoms with E-state index in [0.29, 0.717) is 5.82 Å². The normalized spacial score (nSPS) is 10.5. The van der Waals surface area contributed by atoms with Crippen molar-refractivity contribution in [2.24, 2.45) is 0 Å². The summed E-state index contributed by atoms with van der Waals surface area (Å²) in [7, 11) is 0. The van der Waals surface area contributed by atoms with Crippen LogP contribution in [0.5, 0.6) is 0 Å². The van der Waals surface area contributed by atoms with Crippen LogP contribution in [0.4, 0.5) is 0 Å². The molecule has 0 aliphatic rings. The number of rotatable bonds is 3. The summed E-state index contributed by atoms with van der Waals surface area (Å²) in [5.74, 6) is -0.517. The molecule has 6 heteroatoms. The van der Waals surface area contributed by atoms with Crippen LogP contribution in [0.2, 0.25) is 0 Å². The van der Waals surface area contributed by atoms with Gasteiger partial charge in [0, 0.05) is 10.0 Å². The van der Waals surface area contributed by atoms with Gasteiger partial charge in [-0.05, 0) is 24.6 Å². The lowest BCUT2D eigenvalue weighted by Crippen LogP contribution is -1.99. The second-order valence-corrected chi connectivity index (χ2v) is 4.42. The monoisotopic (exact) mass is 296 g/mol. The zero-order valence-electron chi connectivity index (χ0n) is 8.98. The van der Waals surface area contributed by atoms with E-state index in [1.165, 1.54) is 0 Å². The van der Waals surface area contributed by atoms with Crippen molar-refractivity contribution in [3.63, 3.8) is 0 Å². The fraction of sp³-hybridized carbons (Fsp3) is 0.182. The zero-order valence-corrected chi connectivity index (χ0v) is 10.6. The van der Waals surface area contributed by atoms with Crippen molar-refractivity contribution >= 4 is 21.9 Å². The molecule has 0 radical (unpaired) electrons. The summed E-state index contributed by atoms with van der Waals surface area (Å²) in [6.07, 6.45) is -0.267. The molecule has 0 aliphatic heterocycles. The molecule has 0 fully saturated rings. The molecular weight excluding hydrogens is 288 g/mol. The highest BCUT2D eigenvalue weighted by Crippen LogP contribution is 2.26. The van der Waals surface area contributed by atoms with Gasteiger partial charge >= 0.3 is 5.97 Å². The highest BCUT2D eigenvalue weighted by molar-refractivity contribution is 9.10. The largest absolute Gasteiger partial charge is 0.481 e. The first-order valence-electron chi connectivity index (χ1n) is 4.87. The van der Waals surface area contributed by atoms with E-state index in [4.69, 9.17) is 9.63 Å². The first-order valence-corrected chi connectivity index (χ1v) is 5.66. The maximum Gasteiger partial charge on any atom is 0.312 e. The van der Waals surface area contributed by atoms with E-state index in [1.54, 1.807) is 0 Å². The molecule has 0 spiro atoms. The van der Waals surface area contributed by atoms with Crippen molar-refractivity contribution in [2.45, 2.75) is 13.3 Å². The maximum atomic E-state index is 10.5. The lowest BCUT2D eigenvalue weighted by atomic mass is 10.1.